The second kappa shape index (κ2) is 9.48. The Morgan fingerprint density at radius 3 is 2.39 bits per heavy atom. The number of nitrogens with zero attached hydrogens (tertiary/aromatic N) is 3. The zero-order chi connectivity index (χ0) is 23.6. The zero-order valence-electron chi connectivity index (χ0n) is 19.1. The standard InChI is InChI=1S/C23H29N3O6S/c1-17(32-20-7-5-19(6-8-20)24(2)33(3,28)29)23(27)26-12-10-25(11-13-26)15-18-4-9-21-22(14-18)31-16-30-21/h4-9,14,17H,10-13,15-16H2,1-3H3/t17-/m1/s1. The number of amides is 1. The van der Waals surface area contributed by atoms with Crippen LogP contribution in [0.4, 0.5) is 5.69 Å². The molecule has 0 spiro atoms. The normalized spacial score (nSPS) is 17.0. The highest BCUT2D eigenvalue weighted by Gasteiger charge is 2.26. The SMILES string of the molecule is C[C@@H](Oc1ccc(N(C)S(C)(=O)=O)cc1)C(=O)N1CCN(Cc2ccc3c(c2)OCO3)CC1. The molecule has 1 fully saturated rings. The van der Waals surface area contributed by atoms with Gasteiger partial charge in [0.1, 0.15) is 5.75 Å². The second-order valence-corrected chi connectivity index (χ2v) is 10.3. The molecule has 0 aromatic heterocycles. The topological polar surface area (TPSA) is 88.6 Å². The summed E-state index contributed by atoms with van der Waals surface area (Å²) in [4.78, 5) is 17.0. The lowest BCUT2D eigenvalue weighted by atomic mass is 10.1. The molecule has 10 heteroatoms. The molecule has 9 nitrogen and oxygen atoms in total. The molecule has 2 aromatic carbocycles. The van der Waals surface area contributed by atoms with E-state index in [0.29, 0.717) is 24.5 Å². The highest BCUT2D eigenvalue weighted by molar-refractivity contribution is 7.92. The maximum Gasteiger partial charge on any atom is 0.263 e. The fourth-order valence-electron chi connectivity index (χ4n) is 3.86. The number of fused-ring (bicyclic) bond motifs is 1. The largest absolute Gasteiger partial charge is 0.481 e. The number of anilines is 1. The van der Waals surface area contributed by atoms with Crippen LogP contribution in [0.2, 0.25) is 0 Å². The van der Waals surface area contributed by atoms with Gasteiger partial charge in [0.25, 0.3) is 5.91 Å². The molecule has 0 radical (unpaired) electrons. The van der Waals surface area contributed by atoms with Crippen LogP contribution < -0.4 is 18.5 Å². The number of benzene rings is 2. The molecule has 0 aliphatic carbocycles. The summed E-state index contributed by atoms with van der Waals surface area (Å²) in [6.45, 7) is 5.61. The molecular formula is C23H29N3O6S. The van der Waals surface area contributed by atoms with Crippen LogP contribution in [0.1, 0.15) is 12.5 Å². The van der Waals surface area contributed by atoms with Crippen LogP contribution >= 0.6 is 0 Å². The summed E-state index contributed by atoms with van der Waals surface area (Å²) in [6.07, 6.45) is 0.511. The average Bonchev–Trinajstić information content (AvgIpc) is 3.26. The van der Waals surface area contributed by atoms with Crippen molar-refractivity contribution in [3.05, 3.63) is 48.0 Å². The highest BCUT2D eigenvalue weighted by Crippen LogP contribution is 2.33. The van der Waals surface area contributed by atoms with Gasteiger partial charge in [-0.3, -0.25) is 14.0 Å². The van der Waals surface area contributed by atoms with E-state index in [1.54, 1.807) is 31.2 Å². The van der Waals surface area contributed by atoms with Gasteiger partial charge in [-0.15, -0.1) is 0 Å². The summed E-state index contributed by atoms with van der Waals surface area (Å²) >= 11 is 0. The van der Waals surface area contributed by atoms with E-state index >= 15 is 0 Å². The Labute approximate surface area is 194 Å². The summed E-state index contributed by atoms with van der Waals surface area (Å²) < 4.78 is 41.1. The molecule has 0 N–H and O–H groups in total. The summed E-state index contributed by atoms with van der Waals surface area (Å²) in [6, 6.07) is 12.6. The van der Waals surface area contributed by atoms with Crippen LogP contribution in [0, 0.1) is 0 Å². The molecule has 0 unspecified atom stereocenters. The van der Waals surface area contributed by atoms with Crippen LogP contribution in [0.5, 0.6) is 17.2 Å². The minimum Gasteiger partial charge on any atom is -0.481 e. The molecule has 4 rings (SSSR count). The van der Waals surface area contributed by atoms with Crippen molar-refractivity contribution in [3.8, 4) is 17.2 Å². The molecule has 2 aliphatic heterocycles. The first-order chi connectivity index (χ1) is 15.7. The number of hydrogen-bond donors (Lipinski definition) is 0. The summed E-state index contributed by atoms with van der Waals surface area (Å²) in [5.41, 5.74) is 1.68. The Bertz CT molecular complexity index is 1100. The van der Waals surface area contributed by atoms with E-state index in [-0.39, 0.29) is 12.7 Å². The van der Waals surface area contributed by atoms with E-state index < -0.39 is 16.1 Å². The van der Waals surface area contributed by atoms with Crippen LogP contribution in [0.15, 0.2) is 42.5 Å². The Kier molecular flexibility index (Phi) is 6.66. The number of ether oxygens (including phenoxy) is 3. The summed E-state index contributed by atoms with van der Waals surface area (Å²) in [7, 11) is -1.84. The Hall–Kier alpha value is -2.98. The number of carbonyl (C=O) groups excluding carboxylic acids is 1. The quantitative estimate of drug-likeness (QED) is 0.605. The highest BCUT2D eigenvalue weighted by atomic mass is 32.2. The first-order valence-corrected chi connectivity index (χ1v) is 12.7. The Balaban J connectivity index is 1.27. The van der Waals surface area contributed by atoms with Gasteiger partial charge < -0.3 is 19.1 Å². The number of hydrogen-bond acceptors (Lipinski definition) is 7. The third-order valence-electron chi connectivity index (χ3n) is 5.89. The first kappa shape index (κ1) is 23.2. The van der Waals surface area contributed by atoms with Gasteiger partial charge in [-0.25, -0.2) is 8.42 Å². The van der Waals surface area contributed by atoms with Crippen molar-refractivity contribution in [2.24, 2.45) is 0 Å². The maximum atomic E-state index is 12.9. The molecule has 2 heterocycles. The van der Waals surface area contributed by atoms with E-state index in [2.05, 4.69) is 4.90 Å². The lowest BCUT2D eigenvalue weighted by Crippen LogP contribution is -2.51. The molecule has 178 valence electrons. The number of piperazine rings is 1. The van der Waals surface area contributed by atoms with Gasteiger partial charge in [-0.05, 0) is 48.9 Å². The van der Waals surface area contributed by atoms with Gasteiger partial charge in [0, 0.05) is 39.8 Å². The zero-order valence-corrected chi connectivity index (χ0v) is 19.9. The van der Waals surface area contributed by atoms with Crippen molar-refractivity contribution in [3.63, 3.8) is 0 Å². The Morgan fingerprint density at radius 1 is 1.06 bits per heavy atom. The van der Waals surface area contributed by atoms with E-state index in [1.807, 2.05) is 23.1 Å². The Morgan fingerprint density at radius 2 is 1.73 bits per heavy atom. The molecule has 0 bridgehead atoms. The predicted molar refractivity (Wildman–Crippen MR) is 124 cm³/mol. The number of rotatable bonds is 7. The van der Waals surface area contributed by atoms with Gasteiger partial charge in [-0.2, -0.15) is 0 Å². The minimum absolute atomic E-state index is 0.0601. The van der Waals surface area contributed by atoms with Gasteiger partial charge in [-0.1, -0.05) is 6.07 Å². The second-order valence-electron chi connectivity index (χ2n) is 8.27. The summed E-state index contributed by atoms with van der Waals surface area (Å²) in [5.74, 6) is 2.02. The fourth-order valence-corrected chi connectivity index (χ4v) is 4.37. The smallest absolute Gasteiger partial charge is 0.263 e. The van der Waals surface area contributed by atoms with Crippen LogP contribution in [-0.2, 0) is 21.4 Å². The maximum absolute atomic E-state index is 12.9. The van der Waals surface area contributed by atoms with Crippen molar-refractivity contribution >= 4 is 21.6 Å². The van der Waals surface area contributed by atoms with Crippen LogP contribution in [0.25, 0.3) is 0 Å². The van der Waals surface area contributed by atoms with Crippen molar-refractivity contribution in [2.45, 2.75) is 19.6 Å². The number of sulfonamides is 1. The molecule has 0 saturated carbocycles. The van der Waals surface area contributed by atoms with Gasteiger partial charge in [0.15, 0.2) is 17.6 Å². The van der Waals surface area contributed by atoms with Gasteiger partial charge >= 0.3 is 0 Å². The van der Waals surface area contributed by atoms with E-state index in [4.69, 9.17) is 14.2 Å². The molecule has 1 amide bonds. The molecule has 1 atom stereocenters. The first-order valence-electron chi connectivity index (χ1n) is 10.8. The van der Waals surface area contributed by atoms with E-state index in [9.17, 15) is 13.2 Å². The molecular weight excluding hydrogens is 446 g/mol. The molecule has 2 aromatic rings. The van der Waals surface area contributed by atoms with E-state index in [0.717, 1.165) is 43.0 Å². The van der Waals surface area contributed by atoms with Crippen LogP contribution in [-0.4, -0.2) is 76.5 Å². The molecule has 1 saturated heterocycles. The molecule has 33 heavy (non-hydrogen) atoms. The predicted octanol–water partition coefficient (Wildman–Crippen LogP) is 1.92. The lowest BCUT2D eigenvalue weighted by Gasteiger charge is -2.36. The minimum atomic E-state index is -3.33. The van der Waals surface area contributed by atoms with Crippen molar-refractivity contribution in [1.82, 2.24) is 9.80 Å². The van der Waals surface area contributed by atoms with Crippen LogP contribution in [0.3, 0.4) is 0 Å². The van der Waals surface area contributed by atoms with Crippen molar-refractivity contribution in [2.75, 3.05) is 50.6 Å². The van der Waals surface area contributed by atoms with Gasteiger partial charge in [0.05, 0.1) is 11.9 Å². The van der Waals surface area contributed by atoms with Gasteiger partial charge in [0.2, 0.25) is 16.8 Å². The van der Waals surface area contributed by atoms with Crippen molar-refractivity contribution in [1.29, 1.82) is 0 Å². The van der Waals surface area contributed by atoms with E-state index in [1.165, 1.54) is 11.4 Å². The monoisotopic (exact) mass is 475 g/mol. The fraction of sp³-hybridized carbons (Fsp3) is 0.435. The van der Waals surface area contributed by atoms with Crippen molar-refractivity contribution < 1.29 is 27.4 Å². The number of carbonyl (C=O) groups is 1. The average molecular weight is 476 g/mol. The third-order valence-corrected chi connectivity index (χ3v) is 7.09. The summed E-state index contributed by atoms with van der Waals surface area (Å²) in [5, 5.41) is 0. The third kappa shape index (κ3) is 5.51. The lowest BCUT2D eigenvalue weighted by molar-refractivity contribution is -0.139. The molecule has 2 aliphatic rings.